The van der Waals surface area contributed by atoms with Crippen LogP contribution in [0.2, 0.25) is 0 Å². The Bertz CT molecular complexity index is 421. The molecule has 1 fully saturated rings. The van der Waals surface area contributed by atoms with Crippen LogP contribution in [0.1, 0.15) is 12.0 Å². The third-order valence-corrected chi connectivity index (χ3v) is 3.16. The molecule has 4 nitrogen and oxygen atoms in total. The van der Waals surface area contributed by atoms with E-state index in [2.05, 4.69) is 9.64 Å². The fourth-order valence-electron chi connectivity index (χ4n) is 2.16. The van der Waals surface area contributed by atoms with E-state index in [1.807, 2.05) is 0 Å². The lowest BCUT2D eigenvalue weighted by Gasteiger charge is -2.32. The van der Waals surface area contributed by atoms with Crippen LogP contribution >= 0.6 is 0 Å². The number of morpholine rings is 1. The molecule has 0 N–H and O–H groups in total. The van der Waals surface area contributed by atoms with Crippen molar-refractivity contribution >= 4 is 5.97 Å². The van der Waals surface area contributed by atoms with Crippen LogP contribution in [0.5, 0.6) is 0 Å². The number of ether oxygens (including phenoxy) is 2. The maximum absolute atomic E-state index is 12.8. The highest BCUT2D eigenvalue weighted by atomic mass is 19.1. The molecule has 0 radical (unpaired) electrons. The van der Waals surface area contributed by atoms with Gasteiger partial charge in [0.2, 0.25) is 0 Å². The van der Waals surface area contributed by atoms with Crippen molar-refractivity contribution in [1.82, 2.24) is 4.90 Å². The molecule has 0 aliphatic carbocycles. The molecule has 1 saturated heterocycles. The minimum absolute atomic E-state index is 0.123. The van der Waals surface area contributed by atoms with Crippen molar-refractivity contribution in [2.75, 3.05) is 26.8 Å². The maximum atomic E-state index is 12.8. The van der Waals surface area contributed by atoms with Crippen LogP contribution in [0.15, 0.2) is 24.3 Å². The molecule has 0 amide bonds. The Labute approximate surface area is 112 Å². The Kier molecular flexibility index (Phi) is 4.87. The lowest BCUT2D eigenvalue weighted by atomic mass is 10.1. The van der Waals surface area contributed by atoms with E-state index >= 15 is 0 Å². The average molecular weight is 267 g/mol. The van der Waals surface area contributed by atoms with E-state index in [-0.39, 0.29) is 24.3 Å². The van der Waals surface area contributed by atoms with Gasteiger partial charge in [-0.25, -0.2) is 4.39 Å². The summed E-state index contributed by atoms with van der Waals surface area (Å²) in [6.45, 7) is 2.84. The van der Waals surface area contributed by atoms with E-state index in [9.17, 15) is 9.18 Å². The molecule has 1 aliphatic rings. The first-order valence-corrected chi connectivity index (χ1v) is 6.32. The molecule has 19 heavy (non-hydrogen) atoms. The van der Waals surface area contributed by atoms with Gasteiger partial charge in [0.1, 0.15) is 5.82 Å². The molecule has 0 saturated carbocycles. The molecule has 2 rings (SSSR count). The number of carbonyl (C=O) groups is 1. The molecule has 5 heteroatoms. The van der Waals surface area contributed by atoms with E-state index in [1.165, 1.54) is 19.2 Å². The molecule has 0 aromatic heterocycles. The van der Waals surface area contributed by atoms with Crippen molar-refractivity contribution in [3.63, 3.8) is 0 Å². The molecule has 1 aromatic carbocycles. The molecule has 1 aromatic rings. The summed E-state index contributed by atoms with van der Waals surface area (Å²) in [5.74, 6) is -0.483. The zero-order chi connectivity index (χ0) is 13.7. The summed E-state index contributed by atoms with van der Waals surface area (Å²) in [7, 11) is 1.38. The van der Waals surface area contributed by atoms with Gasteiger partial charge >= 0.3 is 5.97 Å². The van der Waals surface area contributed by atoms with Gasteiger partial charge < -0.3 is 9.47 Å². The van der Waals surface area contributed by atoms with E-state index in [1.54, 1.807) is 12.1 Å². The van der Waals surface area contributed by atoms with E-state index in [0.717, 1.165) is 18.7 Å². The van der Waals surface area contributed by atoms with Gasteiger partial charge in [0.05, 0.1) is 26.2 Å². The second kappa shape index (κ2) is 6.63. The molecule has 104 valence electrons. The number of esters is 1. The minimum atomic E-state index is -0.256. The van der Waals surface area contributed by atoms with Crippen LogP contribution in [0.3, 0.4) is 0 Å². The number of rotatable bonds is 4. The predicted molar refractivity (Wildman–Crippen MR) is 68.1 cm³/mol. The zero-order valence-electron chi connectivity index (χ0n) is 11.0. The maximum Gasteiger partial charge on any atom is 0.308 e. The highest BCUT2D eigenvalue weighted by Gasteiger charge is 2.23. The van der Waals surface area contributed by atoms with Crippen LogP contribution in [0, 0.1) is 5.82 Å². The van der Waals surface area contributed by atoms with Crippen molar-refractivity contribution in [3.8, 4) is 0 Å². The van der Waals surface area contributed by atoms with Crippen LogP contribution in [0.25, 0.3) is 0 Å². The van der Waals surface area contributed by atoms with Gasteiger partial charge in [-0.15, -0.1) is 0 Å². The number of hydrogen-bond donors (Lipinski definition) is 0. The van der Waals surface area contributed by atoms with Crippen LogP contribution in [-0.2, 0) is 20.8 Å². The quantitative estimate of drug-likeness (QED) is 0.777. The second-order valence-corrected chi connectivity index (χ2v) is 4.63. The topological polar surface area (TPSA) is 38.8 Å². The Morgan fingerprint density at radius 2 is 2.21 bits per heavy atom. The Hall–Kier alpha value is -1.46. The number of nitrogens with zero attached hydrogens (tertiary/aromatic N) is 1. The fourth-order valence-corrected chi connectivity index (χ4v) is 2.16. The number of halogens is 1. The van der Waals surface area contributed by atoms with Crippen LogP contribution in [-0.4, -0.2) is 43.8 Å². The van der Waals surface area contributed by atoms with Gasteiger partial charge in [0, 0.05) is 19.6 Å². The highest BCUT2D eigenvalue weighted by Crippen LogP contribution is 2.13. The molecule has 1 heterocycles. The first-order chi connectivity index (χ1) is 9.17. The molecule has 0 bridgehead atoms. The Morgan fingerprint density at radius 3 is 2.89 bits per heavy atom. The Morgan fingerprint density at radius 1 is 1.47 bits per heavy atom. The first kappa shape index (κ1) is 14.0. The summed E-state index contributed by atoms with van der Waals surface area (Å²) in [5.41, 5.74) is 1.06. The van der Waals surface area contributed by atoms with E-state index in [0.29, 0.717) is 13.2 Å². The SMILES string of the molecule is COC(=O)CC1CN(Cc2ccc(F)cc2)CCO1. The fraction of sp³-hybridized carbons (Fsp3) is 0.500. The third kappa shape index (κ3) is 4.29. The lowest BCUT2D eigenvalue weighted by molar-refractivity contribution is -0.145. The van der Waals surface area contributed by atoms with Crippen molar-refractivity contribution in [1.29, 1.82) is 0 Å². The summed E-state index contributed by atoms with van der Waals surface area (Å²) in [4.78, 5) is 13.4. The van der Waals surface area contributed by atoms with Gasteiger partial charge in [-0.05, 0) is 17.7 Å². The van der Waals surface area contributed by atoms with Gasteiger partial charge in [0.15, 0.2) is 0 Å². The third-order valence-electron chi connectivity index (χ3n) is 3.16. The van der Waals surface area contributed by atoms with Gasteiger partial charge in [-0.2, -0.15) is 0 Å². The number of hydrogen-bond acceptors (Lipinski definition) is 4. The number of benzene rings is 1. The van der Waals surface area contributed by atoms with E-state index < -0.39 is 0 Å². The predicted octanol–water partition coefficient (Wildman–Crippen LogP) is 1.59. The van der Waals surface area contributed by atoms with Gasteiger partial charge in [0.25, 0.3) is 0 Å². The largest absolute Gasteiger partial charge is 0.469 e. The molecule has 1 aliphatic heterocycles. The number of methoxy groups -OCH3 is 1. The summed E-state index contributed by atoms with van der Waals surface area (Å²) in [5, 5.41) is 0. The minimum Gasteiger partial charge on any atom is -0.469 e. The summed E-state index contributed by atoms with van der Waals surface area (Å²) < 4.78 is 23.0. The van der Waals surface area contributed by atoms with Crippen molar-refractivity contribution in [2.45, 2.75) is 19.1 Å². The van der Waals surface area contributed by atoms with Crippen molar-refractivity contribution in [3.05, 3.63) is 35.6 Å². The normalized spacial score (nSPS) is 20.2. The summed E-state index contributed by atoms with van der Waals surface area (Å²) in [6.07, 6.45) is 0.151. The average Bonchev–Trinajstić information content (AvgIpc) is 2.42. The second-order valence-electron chi connectivity index (χ2n) is 4.63. The number of carbonyl (C=O) groups excluding carboxylic acids is 1. The molecular weight excluding hydrogens is 249 g/mol. The monoisotopic (exact) mass is 267 g/mol. The van der Waals surface area contributed by atoms with Crippen LogP contribution in [0.4, 0.5) is 4.39 Å². The van der Waals surface area contributed by atoms with Crippen molar-refractivity contribution < 1.29 is 18.7 Å². The zero-order valence-corrected chi connectivity index (χ0v) is 11.0. The highest BCUT2D eigenvalue weighted by molar-refractivity contribution is 5.69. The molecule has 1 unspecified atom stereocenters. The molecular formula is C14H18FNO3. The van der Waals surface area contributed by atoms with Gasteiger partial charge in [-0.3, -0.25) is 9.69 Å². The van der Waals surface area contributed by atoms with Gasteiger partial charge in [-0.1, -0.05) is 12.1 Å². The molecule has 0 spiro atoms. The lowest BCUT2D eigenvalue weighted by Crippen LogP contribution is -2.42. The van der Waals surface area contributed by atoms with E-state index in [4.69, 9.17) is 4.74 Å². The summed E-state index contributed by atoms with van der Waals surface area (Å²) in [6, 6.07) is 6.48. The smallest absolute Gasteiger partial charge is 0.308 e. The van der Waals surface area contributed by atoms with Crippen molar-refractivity contribution in [2.24, 2.45) is 0 Å². The van der Waals surface area contributed by atoms with Crippen LogP contribution < -0.4 is 0 Å². The Balaban J connectivity index is 1.87. The standard InChI is InChI=1S/C14H18FNO3/c1-18-14(17)8-13-10-16(6-7-19-13)9-11-2-4-12(15)5-3-11/h2-5,13H,6-10H2,1H3. The molecule has 1 atom stereocenters. The first-order valence-electron chi connectivity index (χ1n) is 6.32. The summed E-state index contributed by atoms with van der Waals surface area (Å²) >= 11 is 0.